The highest BCUT2D eigenvalue weighted by molar-refractivity contribution is 5.94. The first-order valence-corrected chi connectivity index (χ1v) is 9.94. The normalized spacial score (nSPS) is 17.5. The topological polar surface area (TPSA) is 103 Å². The van der Waals surface area contributed by atoms with E-state index in [9.17, 15) is 14.4 Å². The molecule has 0 saturated heterocycles. The summed E-state index contributed by atoms with van der Waals surface area (Å²) < 4.78 is 16.0. The molecular formula is C22H30N2O6. The Kier molecular flexibility index (Phi) is 7.48. The Bertz CT molecular complexity index is 823. The van der Waals surface area contributed by atoms with Crippen molar-refractivity contribution in [3.05, 3.63) is 41.1 Å². The van der Waals surface area contributed by atoms with Crippen molar-refractivity contribution >= 4 is 18.0 Å². The van der Waals surface area contributed by atoms with Gasteiger partial charge in [-0.1, -0.05) is 32.9 Å². The fourth-order valence-corrected chi connectivity index (χ4v) is 2.94. The molecule has 0 fully saturated rings. The fraction of sp³-hybridized carbons (Fsp3) is 0.500. The van der Waals surface area contributed by atoms with E-state index >= 15 is 0 Å². The first-order valence-electron chi connectivity index (χ1n) is 9.94. The molecule has 1 aliphatic rings. The van der Waals surface area contributed by atoms with E-state index in [0.717, 1.165) is 5.56 Å². The molecule has 0 aromatic heterocycles. The van der Waals surface area contributed by atoms with E-state index in [1.165, 1.54) is 0 Å². The molecule has 8 heteroatoms. The van der Waals surface area contributed by atoms with Crippen LogP contribution in [0.3, 0.4) is 0 Å². The number of amides is 2. The molecule has 0 saturated carbocycles. The summed E-state index contributed by atoms with van der Waals surface area (Å²) in [6.45, 7) is 11.2. The molecule has 0 radical (unpaired) electrons. The molecule has 0 spiro atoms. The number of carbonyl (C=O) groups excluding carboxylic acids is 3. The molecule has 30 heavy (non-hydrogen) atoms. The Balaban J connectivity index is 2.02. The highest BCUT2D eigenvalue weighted by atomic mass is 16.6. The number of urea groups is 1. The molecule has 2 atom stereocenters. The lowest BCUT2D eigenvalue weighted by Crippen LogP contribution is -2.50. The number of nitrogens with one attached hydrogen (secondary N) is 2. The van der Waals surface area contributed by atoms with Crippen molar-refractivity contribution < 1.29 is 28.6 Å². The third-order valence-electron chi connectivity index (χ3n) is 4.59. The van der Waals surface area contributed by atoms with Crippen LogP contribution in [0.2, 0.25) is 0 Å². The summed E-state index contributed by atoms with van der Waals surface area (Å²) in [5.74, 6) is -0.652. The minimum atomic E-state index is -0.869. The Morgan fingerprint density at radius 1 is 1.13 bits per heavy atom. The smallest absolute Gasteiger partial charge is 0.347 e. The van der Waals surface area contributed by atoms with Crippen molar-refractivity contribution in [1.29, 1.82) is 0 Å². The van der Waals surface area contributed by atoms with E-state index in [-0.39, 0.29) is 29.9 Å². The minimum absolute atomic E-state index is 0.0177. The van der Waals surface area contributed by atoms with Gasteiger partial charge < -0.3 is 24.8 Å². The zero-order valence-electron chi connectivity index (χ0n) is 18.3. The zero-order chi connectivity index (χ0) is 22.5. The maximum absolute atomic E-state index is 12.4. The Morgan fingerprint density at radius 3 is 2.33 bits per heavy atom. The summed E-state index contributed by atoms with van der Waals surface area (Å²) in [6, 6.07) is 6.47. The monoisotopic (exact) mass is 418 g/mol. The SMILES string of the molecule is CCOC(=O)C1=C(COC(=O)[C@@H](C)Oc2ccc(C(C)(C)C)cc2)NC(=O)N[C@@H]1C. The van der Waals surface area contributed by atoms with Crippen molar-refractivity contribution in [2.45, 2.75) is 59.1 Å². The van der Waals surface area contributed by atoms with E-state index in [0.29, 0.717) is 5.75 Å². The van der Waals surface area contributed by atoms with Crippen molar-refractivity contribution in [1.82, 2.24) is 10.6 Å². The maximum Gasteiger partial charge on any atom is 0.347 e. The molecule has 0 bridgehead atoms. The molecule has 8 nitrogen and oxygen atoms in total. The third-order valence-corrected chi connectivity index (χ3v) is 4.59. The third kappa shape index (κ3) is 5.98. The summed E-state index contributed by atoms with van der Waals surface area (Å²) in [7, 11) is 0. The van der Waals surface area contributed by atoms with Gasteiger partial charge in [-0.2, -0.15) is 0 Å². The van der Waals surface area contributed by atoms with Gasteiger partial charge in [0.05, 0.1) is 23.9 Å². The molecule has 164 valence electrons. The number of esters is 2. The van der Waals surface area contributed by atoms with Crippen LogP contribution in [0.25, 0.3) is 0 Å². The number of hydrogen-bond acceptors (Lipinski definition) is 6. The first-order chi connectivity index (χ1) is 14.0. The van der Waals surface area contributed by atoms with Crippen LogP contribution in [0.5, 0.6) is 5.75 Å². The number of rotatable bonds is 7. The van der Waals surface area contributed by atoms with Gasteiger partial charge in [0.25, 0.3) is 0 Å². The summed E-state index contributed by atoms with van der Waals surface area (Å²) in [5.41, 5.74) is 1.58. The highest BCUT2D eigenvalue weighted by Crippen LogP contribution is 2.24. The van der Waals surface area contributed by atoms with Gasteiger partial charge in [0.2, 0.25) is 0 Å². The first kappa shape index (κ1) is 23.3. The van der Waals surface area contributed by atoms with Gasteiger partial charge in [-0.15, -0.1) is 0 Å². The van der Waals surface area contributed by atoms with E-state index in [4.69, 9.17) is 14.2 Å². The van der Waals surface area contributed by atoms with Gasteiger partial charge in [0.1, 0.15) is 12.4 Å². The zero-order valence-corrected chi connectivity index (χ0v) is 18.3. The Labute approximate surface area is 176 Å². The predicted molar refractivity (Wildman–Crippen MR) is 111 cm³/mol. The van der Waals surface area contributed by atoms with Gasteiger partial charge in [-0.05, 0) is 43.9 Å². The Morgan fingerprint density at radius 2 is 1.77 bits per heavy atom. The quantitative estimate of drug-likeness (QED) is 0.660. The van der Waals surface area contributed by atoms with Crippen LogP contribution in [0.15, 0.2) is 35.5 Å². The van der Waals surface area contributed by atoms with Gasteiger partial charge in [-0.3, -0.25) is 0 Å². The maximum atomic E-state index is 12.4. The standard InChI is InChI=1S/C22H30N2O6/c1-7-28-20(26)18-13(2)23-21(27)24-17(18)12-29-19(25)14(3)30-16-10-8-15(9-11-16)22(4,5)6/h8-11,13-14H,7,12H2,1-6H3,(H2,23,24,27)/t13-,14-/m1/s1. The fourth-order valence-electron chi connectivity index (χ4n) is 2.94. The molecule has 2 rings (SSSR count). The van der Waals surface area contributed by atoms with Crippen LogP contribution in [0.1, 0.15) is 47.1 Å². The van der Waals surface area contributed by atoms with E-state index in [2.05, 4.69) is 31.4 Å². The summed E-state index contributed by atoms with van der Waals surface area (Å²) in [6.07, 6.45) is -0.869. The molecular weight excluding hydrogens is 388 g/mol. The minimum Gasteiger partial charge on any atom is -0.479 e. The van der Waals surface area contributed by atoms with Crippen molar-refractivity contribution in [2.75, 3.05) is 13.2 Å². The molecule has 0 unspecified atom stereocenters. The lowest BCUT2D eigenvalue weighted by atomic mass is 9.87. The van der Waals surface area contributed by atoms with Crippen molar-refractivity contribution in [3.8, 4) is 5.75 Å². The number of hydrogen-bond donors (Lipinski definition) is 2. The Hall–Kier alpha value is -3.03. The number of carbonyl (C=O) groups is 3. The summed E-state index contributed by atoms with van der Waals surface area (Å²) >= 11 is 0. The van der Waals surface area contributed by atoms with Crippen LogP contribution in [0.4, 0.5) is 4.79 Å². The van der Waals surface area contributed by atoms with Gasteiger partial charge in [-0.25, -0.2) is 14.4 Å². The second-order valence-corrected chi connectivity index (χ2v) is 8.08. The van der Waals surface area contributed by atoms with E-state index in [1.54, 1.807) is 32.9 Å². The molecule has 1 heterocycles. The van der Waals surface area contributed by atoms with Crippen LogP contribution in [-0.2, 0) is 24.5 Å². The van der Waals surface area contributed by atoms with Crippen molar-refractivity contribution in [2.24, 2.45) is 0 Å². The number of benzene rings is 1. The van der Waals surface area contributed by atoms with E-state index in [1.807, 2.05) is 12.1 Å². The highest BCUT2D eigenvalue weighted by Gasteiger charge is 2.30. The second kappa shape index (κ2) is 9.65. The summed E-state index contributed by atoms with van der Waals surface area (Å²) in [4.78, 5) is 36.3. The van der Waals surface area contributed by atoms with Gasteiger partial charge in [0.15, 0.2) is 6.10 Å². The van der Waals surface area contributed by atoms with Gasteiger partial charge >= 0.3 is 18.0 Å². The average Bonchev–Trinajstić information content (AvgIpc) is 2.65. The van der Waals surface area contributed by atoms with E-state index < -0.39 is 30.1 Å². The largest absolute Gasteiger partial charge is 0.479 e. The van der Waals surface area contributed by atoms with Crippen LogP contribution in [-0.4, -0.2) is 43.3 Å². The molecule has 2 amide bonds. The van der Waals surface area contributed by atoms with Crippen LogP contribution < -0.4 is 15.4 Å². The molecule has 1 aromatic carbocycles. The van der Waals surface area contributed by atoms with Gasteiger partial charge in [0, 0.05) is 0 Å². The van der Waals surface area contributed by atoms with Crippen molar-refractivity contribution in [3.63, 3.8) is 0 Å². The molecule has 0 aliphatic carbocycles. The molecule has 1 aliphatic heterocycles. The lowest BCUT2D eigenvalue weighted by molar-refractivity contribution is -0.150. The second-order valence-electron chi connectivity index (χ2n) is 8.08. The van der Waals surface area contributed by atoms with Crippen LogP contribution in [0, 0.1) is 0 Å². The lowest BCUT2D eigenvalue weighted by Gasteiger charge is -2.26. The molecule has 2 N–H and O–H groups in total. The number of ether oxygens (including phenoxy) is 3. The van der Waals surface area contributed by atoms with Crippen LogP contribution >= 0.6 is 0 Å². The average molecular weight is 418 g/mol. The molecule has 1 aromatic rings. The predicted octanol–water partition coefficient (Wildman–Crippen LogP) is 2.81. The summed E-state index contributed by atoms with van der Waals surface area (Å²) in [5, 5.41) is 5.09.